The second kappa shape index (κ2) is 7.83. The average molecular weight is 436 g/mol. The lowest BCUT2D eigenvalue weighted by Crippen LogP contribution is -2.19. The second-order valence-electron chi connectivity index (χ2n) is 5.77. The zero-order chi connectivity index (χ0) is 19.6. The van der Waals surface area contributed by atoms with Gasteiger partial charge in [0.2, 0.25) is 6.79 Å². The Labute approximate surface area is 164 Å². The van der Waals surface area contributed by atoms with E-state index in [2.05, 4.69) is 31.4 Å². The van der Waals surface area contributed by atoms with Gasteiger partial charge in [-0.05, 0) is 54.4 Å². The number of fused-ring (bicyclic) bond motifs is 1. The van der Waals surface area contributed by atoms with Crippen LogP contribution >= 0.6 is 15.9 Å². The van der Waals surface area contributed by atoms with E-state index in [0.717, 1.165) is 4.47 Å². The standard InChI is InChI=1S/C18H18BrN3O5/c1-4-25-18(24)16-9(2)15(10(3)21-16)17(23)22-20-7-11-5-13-14(6-12(11)19)27-8-26-13/h5-7,21H,4,8H2,1-3H3,(H,22,23)/b20-7-. The number of aryl methyl sites for hydroxylation is 1. The highest BCUT2D eigenvalue weighted by Crippen LogP contribution is 2.36. The van der Waals surface area contributed by atoms with Gasteiger partial charge in [0.25, 0.3) is 5.91 Å². The Morgan fingerprint density at radius 2 is 2.04 bits per heavy atom. The van der Waals surface area contributed by atoms with Gasteiger partial charge in [-0.2, -0.15) is 5.10 Å². The SMILES string of the molecule is CCOC(=O)c1[nH]c(C)c(C(=O)N/N=C\c2cc3c(cc2Br)OCO3)c1C. The summed E-state index contributed by atoms with van der Waals surface area (Å²) in [4.78, 5) is 27.3. The first-order valence-corrected chi connectivity index (χ1v) is 9.00. The topological polar surface area (TPSA) is 102 Å². The van der Waals surface area contributed by atoms with Crippen LogP contribution in [-0.2, 0) is 4.74 Å². The number of amides is 1. The molecule has 142 valence electrons. The van der Waals surface area contributed by atoms with E-state index in [0.29, 0.717) is 33.9 Å². The molecule has 27 heavy (non-hydrogen) atoms. The van der Waals surface area contributed by atoms with Crippen molar-refractivity contribution in [3.63, 3.8) is 0 Å². The van der Waals surface area contributed by atoms with E-state index in [1.807, 2.05) is 0 Å². The first-order chi connectivity index (χ1) is 12.9. The van der Waals surface area contributed by atoms with Crippen molar-refractivity contribution >= 4 is 34.0 Å². The Kier molecular flexibility index (Phi) is 5.50. The summed E-state index contributed by atoms with van der Waals surface area (Å²) in [6.07, 6.45) is 1.49. The molecule has 0 bridgehead atoms. The molecule has 0 fully saturated rings. The molecule has 2 aromatic rings. The first kappa shape index (κ1) is 19.0. The van der Waals surface area contributed by atoms with Gasteiger partial charge < -0.3 is 19.2 Å². The monoisotopic (exact) mass is 435 g/mol. The third-order valence-electron chi connectivity index (χ3n) is 4.01. The number of halogens is 1. The molecule has 0 unspecified atom stereocenters. The molecule has 1 aliphatic heterocycles. The van der Waals surface area contributed by atoms with Crippen molar-refractivity contribution in [2.45, 2.75) is 20.8 Å². The summed E-state index contributed by atoms with van der Waals surface area (Å²) in [5.74, 6) is 0.338. The van der Waals surface area contributed by atoms with Crippen molar-refractivity contribution in [1.82, 2.24) is 10.4 Å². The molecule has 8 nitrogen and oxygen atoms in total. The molecule has 2 heterocycles. The number of hydrogen-bond acceptors (Lipinski definition) is 6. The lowest BCUT2D eigenvalue weighted by Gasteiger charge is -2.03. The Bertz CT molecular complexity index is 936. The van der Waals surface area contributed by atoms with Crippen LogP contribution in [0.5, 0.6) is 11.5 Å². The molecule has 0 saturated heterocycles. The maximum absolute atomic E-state index is 12.5. The van der Waals surface area contributed by atoms with Crippen molar-refractivity contribution in [2.24, 2.45) is 5.10 Å². The van der Waals surface area contributed by atoms with E-state index < -0.39 is 11.9 Å². The zero-order valence-corrected chi connectivity index (χ0v) is 16.6. The number of carbonyl (C=O) groups excluding carboxylic acids is 2. The van der Waals surface area contributed by atoms with Crippen LogP contribution in [-0.4, -0.2) is 36.5 Å². The molecule has 1 amide bonds. The minimum atomic E-state index is -0.495. The van der Waals surface area contributed by atoms with Gasteiger partial charge in [-0.15, -0.1) is 0 Å². The van der Waals surface area contributed by atoms with Crippen molar-refractivity contribution in [3.05, 3.63) is 44.7 Å². The molecule has 1 aromatic heterocycles. The minimum Gasteiger partial charge on any atom is -0.461 e. The number of nitrogens with one attached hydrogen (secondary N) is 2. The maximum Gasteiger partial charge on any atom is 0.355 e. The highest BCUT2D eigenvalue weighted by atomic mass is 79.9. The summed E-state index contributed by atoms with van der Waals surface area (Å²) in [7, 11) is 0. The summed E-state index contributed by atoms with van der Waals surface area (Å²) in [5, 5.41) is 4.00. The summed E-state index contributed by atoms with van der Waals surface area (Å²) < 4.78 is 16.4. The van der Waals surface area contributed by atoms with Crippen LogP contribution in [0.15, 0.2) is 21.7 Å². The van der Waals surface area contributed by atoms with E-state index in [-0.39, 0.29) is 19.1 Å². The van der Waals surface area contributed by atoms with Gasteiger partial charge in [-0.1, -0.05) is 0 Å². The van der Waals surface area contributed by atoms with Gasteiger partial charge in [0.05, 0.1) is 18.4 Å². The molecule has 0 aliphatic carbocycles. The largest absolute Gasteiger partial charge is 0.461 e. The van der Waals surface area contributed by atoms with Gasteiger partial charge in [-0.3, -0.25) is 4.79 Å². The fourth-order valence-electron chi connectivity index (χ4n) is 2.75. The number of aromatic nitrogens is 1. The fraction of sp³-hybridized carbons (Fsp3) is 0.278. The number of benzene rings is 1. The molecular formula is C18H18BrN3O5. The highest BCUT2D eigenvalue weighted by molar-refractivity contribution is 9.10. The summed E-state index contributed by atoms with van der Waals surface area (Å²) in [6.45, 7) is 5.55. The van der Waals surface area contributed by atoms with E-state index >= 15 is 0 Å². The zero-order valence-electron chi connectivity index (χ0n) is 15.0. The van der Waals surface area contributed by atoms with Gasteiger partial charge in [-0.25, -0.2) is 10.2 Å². The number of aromatic amines is 1. The summed E-state index contributed by atoms with van der Waals surface area (Å²) >= 11 is 3.42. The number of esters is 1. The lowest BCUT2D eigenvalue weighted by atomic mass is 10.1. The normalized spacial score (nSPS) is 12.4. The number of hydrogen-bond donors (Lipinski definition) is 2. The number of rotatable bonds is 5. The quantitative estimate of drug-likeness (QED) is 0.426. The van der Waals surface area contributed by atoms with Crippen molar-refractivity contribution < 1.29 is 23.8 Å². The number of nitrogens with zero attached hydrogens (tertiary/aromatic N) is 1. The summed E-state index contributed by atoms with van der Waals surface area (Å²) in [6, 6.07) is 3.53. The molecule has 0 saturated carbocycles. The molecule has 1 aromatic carbocycles. The van der Waals surface area contributed by atoms with E-state index in [1.165, 1.54) is 6.21 Å². The number of ether oxygens (including phenoxy) is 3. The molecular weight excluding hydrogens is 418 g/mol. The van der Waals surface area contributed by atoms with Crippen LogP contribution in [0, 0.1) is 13.8 Å². The van der Waals surface area contributed by atoms with Gasteiger partial charge in [0.15, 0.2) is 11.5 Å². The lowest BCUT2D eigenvalue weighted by molar-refractivity contribution is 0.0519. The van der Waals surface area contributed by atoms with Crippen LogP contribution < -0.4 is 14.9 Å². The third kappa shape index (κ3) is 3.82. The van der Waals surface area contributed by atoms with E-state index in [9.17, 15) is 9.59 Å². The molecule has 0 atom stereocenters. The Morgan fingerprint density at radius 3 is 2.74 bits per heavy atom. The first-order valence-electron chi connectivity index (χ1n) is 8.21. The van der Waals surface area contributed by atoms with Crippen molar-refractivity contribution in [1.29, 1.82) is 0 Å². The molecule has 9 heteroatoms. The van der Waals surface area contributed by atoms with Gasteiger partial charge in [0.1, 0.15) is 5.69 Å². The smallest absolute Gasteiger partial charge is 0.355 e. The van der Waals surface area contributed by atoms with E-state index in [4.69, 9.17) is 14.2 Å². The number of H-pyrrole nitrogens is 1. The van der Waals surface area contributed by atoms with Crippen LogP contribution in [0.25, 0.3) is 0 Å². The Hall–Kier alpha value is -2.81. The molecule has 2 N–H and O–H groups in total. The maximum atomic E-state index is 12.5. The van der Waals surface area contributed by atoms with Gasteiger partial charge in [0, 0.05) is 15.7 Å². The molecule has 3 rings (SSSR count). The van der Waals surface area contributed by atoms with E-state index in [1.54, 1.807) is 32.9 Å². The average Bonchev–Trinajstić information content (AvgIpc) is 3.18. The fourth-order valence-corrected chi connectivity index (χ4v) is 3.17. The van der Waals surface area contributed by atoms with Crippen molar-refractivity contribution in [2.75, 3.05) is 13.4 Å². The second-order valence-corrected chi connectivity index (χ2v) is 6.63. The van der Waals surface area contributed by atoms with Crippen LogP contribution in [0.4, 0.5) is 0 Å². The Morgan fingerprint density at radius 1 is 1.33 bits per heavy atom. The molecule has 0 spiro atoms. The van der Waals surface area contributed by atoms with Gasteiger partial charge >= 0.3 is 5.97 Å². The molecule has 0 radical (unpaired) electrons. The third-order valence-corrected chi connectivity index (χ3v) is 4.69. The van der Waals surface area contributed by atoms with Crippen LogP contribution in [0.3, 0.4) is 0 Å². The predicted molar refractivity (Wildman–Crippen MR) is 102 cm³/mol. The Balaban J connectivity index is 1.75. The van der Waals surface area contributed by atoms with Crippen LogP contribution in [0.1, 0.15) is 44.6 Å². The number of hydrazone groups is 1. The number of carbonyl (C=O) groups is 2. The van der Waals surface area contributed by atoms with Crippen molar-refractivity contribution in [3.8, 4) is 11.5 Å². The minimum absolute atomic E-state index is 0.175. The summed E-state index contributed by atoms with van der Waals surface area (Å²) in [5.41, 5.74) is 4.90. The molecule has 1 aliphatic rings. The highest BCUT2D eigenvalue weighted by Gasteiger charge is 2.22. The van der Waals surface area contributed by atoms with Crippen LogP contribution in [0.2, 0.25) is 0 Å². The predicted octanol–water partition coefficient (Wildman–Crippen LogP) is 3.06.